The minimum absolute atomic E-state index is 0.129. The zero-order valence-corrected chi connectivity index (χ0v) is 25.7. The molecule has 40 heavy (non-hydrogen) atoms. The van der Waals surface area contributed by atoms with Crippen LogP contribution in [0.2, 0.25) is 0 Å². The van der Waals surface area contributed by atoms with E-state index in [0.29, 0.717) is 17.9 Å². The summed E-state index contributed by atoms with van der Waals surface area (Å²) in [6.07, 6.45) is 9.93. The van der Waals surface area contributed by atoms with Crippen molar-refractivity contribution in [3.8, 4) is 17.0 Å². The monoisotopic (exact) mass is 546 g/mol. The van der Waals surface area contributed by atoms with Gasteiger partial charge in [-0.25, -0.2) is 4.52 Å². The van der Waals surface area contributed by atoms with E-state index in [1.807, 2.05) is 28.9 Å². The SMILES string of the molecule is COc1ccc(-c2nn3ccc(C(=O)N(CCC(C)C)CCC(C)C)cc3c2CCCN2CCCCC2C)cc1. The van der Waals surface area contributed by atoms with Gasteiger partial charge in [0.25, 0.3) is 5.91 Å². The lowest BCUT2D eigenvalue weighted by atomic mass is 10.00. The summed E-state index contributed by atoms with van der Waals surface area (Å²) in [7, 11) is 1.69. The van der Waals surface area contributed by atoms with Gasteiger partial charge in [-0.05, 0) is 107 Å². The first-order chi connectivity index (χ1) is 19.3. The molecule has 1 aromatic carbocycles. The Morgan fingerprint density at radius 3 is 2.38 bits per heavy atom. The molecule has 1 fully saturated rings. The maximum atomic E-state index is 13.8. The number of likely N-dealkylation sites (tertiary alicyclic amines) is 1. The Hall–Kier alpha value is -2.86. The van der Waals surface area contributed by atoms with E-state index < -0.39 is 0 Å². The van der Waals surface area contributed by atoms with E-state index in [-0.39, 0.29) is 5.91 Å². The molecule has 6 heteroatoms. The van der Waals surface area contributed by atoms with E-state index in [4.69, 9.17) is 9.84 Å². The van der Waals surface area contributed by atoms with E-state index in [2.05, 4.69) is 62.6 Å². The Balaban J connectivity index is 1.65. The van der Waals surface area contributed by atoms with Crippen LogP contribution in [0.15, 0.2) is 42.6 Å². The first kappa shape index (κ1) is 30.1. The highest BCUT2D eigenvalue weighted by molar-refractivity contribution is 5.95. The molecule has 1 aliphatic heterocycles. The highest BCUT2D eigenvalue weighted by Crippen LogP contribution is 2.30. The number of piperidine rings is 1. The molecule has 0 aliphatic carbocycles. The summed E-state index contributed by atoms with van der Waals surface area (Å²) in [5.74, 6) is 2.09. The standard InChI is InChI=1S/C34H50N4O2/c1-25(2)16-21-37(22-17-26(3)4)34(39)29-18-23-38-32(24-29)31(11-9-20-36-19-8-7-10-27(36)5)33(35-38)28-12-14-30(40-6)15-13-28/h12-15,18,23-27H,7-11,16-17,19-22H2,1-6H3. The van der Waals surface area contributed by atoms with Crippen molar-refractivity contribution in [2.24, 2.45) is 11.8 Å². The highest BCUT2D eigenvalue weighted by Gasteiger charge is 2.22. The fourth-order valence-electron chi connectivity index (χ4n) is 5.73. The molecule has 3 heterocycles. The molecule has 0 spiro atoms. The molecule has 218 valence electrons. The van der Waals surface area contributed by atoms with Crippen molar-refractivity contribution in [1.82, 2.24) is 19.4 Å². The van der Waals surface area contributed by atoms with Gasteiger partial charge in [0.2, 0.25) is 0 Å². The number of methoxy groups -OCH3 is 1. The second kappa shape index (κ2) is 14.2. The molecule has 1 atom stereocenters. The van der Waals surface area contributed by atoms with Gasteiger partial charge in [-0.3, -0.25) is 4.79 Å². The van der Waals surface area contributed by atoms with Crippen molar-refractivity contribution in [2.75, 3.05) is 33.3 Å². The molecule has 0 bridgehead atoms. The second-order valence-electron chi connectivity index (χ2n) is 12.4. The van der Waals surface area contributed by atoms with E-state index in [1.165, 1.54) is 31.4 Å². The summed E-state index contributed by atoms with van der Waals surface area (Å²) in [4.78, 5) is 18.5. The molecule has 0 N–H and O–H groups in total. The maximum Gasteiger partial charge on any atom is 0.253 e. The fraction of sp³-hybridized carbons (Fsp3) is 0.588. The van der Waals surface area contributed by atoms with E-state index in [1.54, 1.807) is 7.11 Å². The minimum atomic E-state index is 0.129. The summed E-state index contributed by atoms with van der Waals surface area (Å²) in [5.41, 5.74) is 5.09. The van der Waals surface area contributed by atoms with Gasteiger partial charge in [0, 0.05) is 42.0 Å². The van der Waals surface area contributed by atoms with Gasteiger partial charge in [0.05, 0.1) is 18.3 Å². The average Bonchev–Trinajstić information content (AvgIpc) is 3.31. The Kier molecular flexibility index (Phi) is 10.7. The van der Waals surface area contributed by atoms with Gasteiger partial charge < -0.3 is 14.5 Å². The zero-order valence-electron chi connectivity index (χ0n) is 25.7. The van der Waals surface area contributed by atoms with Crippen molar-refractivity contribution in [3.05, 3.63) is 53.7 Å². The molecule has 2 aromatic heterocycles. The van der Waals surface area contributed by atoms with E-state index in [9.17, 15) is 4.79 Å². The average molecular weight is 547 g/mol. The molecule has 3 aromatic rings. The Labute approximate surface area is 241 Å². The first-order valence-corrected chi connectivity index (χ1v) is 15.5. The van der Waals surface area contributed by atoms with Gasteiger partial charge in [-0.15, -0.1) is 0 Å². The zero-order chi connectivity index (χ0) is 28.6. The molecule has 0 radical (unpaired) electrons. The number of hydrogen-bond acceptors (Lipinski definition) is 4. The topological polar surface area (TPSA) is 50.1 Å². The van der Waals surface area contributed by atoms with Crippen LogP contribution in [0, 0.1) is 11.8 Å². The van der Waals surface area contributed by atoms with Crippen LogP contribution in [0.25, 0.3) is 16.8 Å². The number of hydrogen-bond donors (Lipinski definition) is 0. The van der Waals surface area contributed by atoms with Crippen molar-refractivity contribution < 1.29 is 9.53 Å². The lowest BCUT2D eigenvalue weighted by Gasteiger charge is -2.33. The molecule has 1 unspecified atom stereocenters. The van der Waals surface area contributed by atoms with E-state index in [0.717, 1.165) is 73.4 Å². The van der Waals surface area contributed by atoms with Crippen LogP contribution in [0.5, 0.6) is 5.75 Å². The number of carbonyl (C=O) groups is 1. The first-order valence-electron chi connectivity index (χ1n) is 15.5. The Morgan fingerprint density at radius 1 is 1.05 bits per heavy atom. The fourth-order valence-corrected chi connectivity index (χ4v) is 5.73. The van der Waals surface area contributed by atoms with Crippen molar-refractivity contribution in [2.45, 2.75) is 85.6 Å². The molecule has 6 nitrogen and oxygen atoms in total. The number of ether oxygens (including phenoxy) is 1. The van der Waals surface area contributed by atoms with Crippen LogP contribution in [-0.2, 0) is 6.42 Å². The number of aromatic nitrogens is 2. The largest absolute Gasteiger partial charge is 0.497 e. The normalized spacial score (nSPS) is 16.2. The third-order valence-corrected chi connectivity index (χ3v) is 8.40. The van der Waals surface area contributed by atoms with Crippen LogP contribution >= 0.6 is 0 Å². The predicted molar refractivity (Wildman–Crippen MR) is 165 cm³/mol. The van der Waals surface area contributed by atoms with Gasteiger partial charge in [0.15, 0.2) is 0 Å². The number of carbonyl (C=O) groups excluding carboxylic acids is 1. The third kappa shape index (κ3) is 7.66. The number of fused-ring (bicyclic) bond motifs is 1. The van der Waals surface area contributed by atoms with Gasteiger partial charge >= 0.3 is 0 Å². The third-order valence-electron chi connectivity index (χ3n) is 8.40. The Morgan fingerprint density at radius 2 is 1.75 bits per heavy atom. The maximum absolute atomic E-state index is 13.8. The number of aryl methyl sites for hydroxylation is 1. The molecule has 1 aliphatic rings. The smallest absolute Gasteiger partial charge is 0.253 e. The van der Waals surface area contributed by atoms with Gasteiger partial charge in [0.1, 0.15) is 5.75 Å². The molecular formula is C34H50N4O2. The molecule has 1 saturated heterocycles. The quantitative estimate of drug-likeness (QED) is 0.225. The minimum Gasteiger partial charge on any atom is -0.497 e. The summed E-state index contributed by atoms with van der Waals surface area (Å²) in [6, 6.07) is 12.8. The molecule has 4 rings (SSSR count). The van der Waals surface area contributed by atoms with Crippen LogP contribution in [-0.4, -0.2) is 64.7 Å². The summed E-state index contributed by atoms with van der Waals surface area (Å²) in [5, 5.41) is 5.02. The van der Waals surface area contributed by atoms with Crippen LogP contribution < -0.4 is 4.74 Å². The number of benzene rings is 1. The van der Waals surface area contributed by atoms with Crippen LogP contribution in [0.1, 0.15) is 89.1 Å². The van der Waals surface area contributed by atoms with Crippen LogP contribution in [0.4, 0.5) is 0 Å². The second-order valence-corrected chi connectivity index (χ2v) is 12.4. The summed E-state index contributed by atoms with van der Waals surface area (Å²) < 4.78 is 7.36. The van der Waals surface area contributed by atoms with Gasteiger partial charge in [-0.1, -0.05) is 34.1 Å². The van der Waals surface area contributed by atoms with Gasteiger partial charge in [-0.2, -0.15) is 5.10 Å². The van der Waals surface area contributed by atoms with Crippen LogP contribution in [0.3, 0.4) is 0 Å². The highest BCUT2D eigenvalue weighted by atomic mass is 16.5. The molecule has 0 saturated carbocycles. The van der Waals surface area contributed by atoms with Crippen molar-refractivity contribution in [3.63, 3.8) is 0 Å². The summed E-state index contributed by atoms with van der Waals surface area (Å²) >= 11 is 0. The summed E-state index contributed by atoms with van der Waals surface area (Å²) in [6.45, 7) is 15.1. The lowest BCUT2D eigenvalue weighted by molar-refractivity contribution is 0.0741. The molecule has 1 amide bonds. The molecular weight excluding hydrogens is 496 g/mol. The van der Waals surface area contributed by atoms with E-state index >= 15 is 0 Å². The lowest BCUT2D eigenvalue weighted by Crippen LogP contribution is -2.38. The van der Waals surface area contributed by atoms with Crippen molar-refractivity contribution >= 4 is 11.4 Å². The number of nitrogens with zero attached hydrogens (tertiary/aromatic N) is 4. The number of pyridine rings is 1. The number of amides is 1. The van der Waals surface area contributed by atoms with Crippen molar-refractivity contribution in [1.29, 1.82) is 0 Å². The Bertz CT molecular complexity index is 1220. The number of rotatable bonds is 13. The predicted octanol–water partition coefficient (Wildman–Crippen LogP) is 7.35.